The Morgan fingerprint density at radius 3 is 1.98 bits per heavy atom. The number of nitrogens with zero attached hydrogens (tertiary/aromatic N) is 3. The predicted octanol–water partition coefficient (Wildman–Crippen LogP) is -2.52. The largest absolute Gasteiger partial charge is 0.481 e. The number of fused-ring (bicyclic) bond motifs is 1. The Labute approximate surface area is 339 Å². The maximum atomic E-state index is 14.5. The van der Waals surface area contributed by atoms with Gasteiger partial charge in [0.1, 0.15) is 23.8 Å². The normalized spacial score (nSPS) is 15.7. The van der Waals surface area contributed by atoms with Crippen molar-refractivity contribution < 1.29 is 68.3 Å². The molecule has 60 heavy (non-hydrogen) atoms. The van der Waals surface area contributed by atoms with Crippen molar-refractivity contribution in [1.82, 2.24) is 14.9 Å². The number of carbonyl (C=O) groups excluding carboxylic acids is 5. The molecule has 2 aromatic rings. The molecule has 5 unspecified atom stereocenters. The fourth-order valence-corrected chi connectivity index (χ4v) is 6.01. The van der Waals surface area contributed by atoms with Crippen LogP contribution >= 0.6 is 0 Å². The molecule has 0 aliphatic carbocycles. The van der Waals surface area contributed by atoms with Crippen LogP contribution in [0.3, 0.4) is 0 Å². The lowest BCUT2D eigenvalue weighted by Crippen LogP contribution is -2.65. The maximum Gasteiger partial charge on any atom is 0.348 e. The molecule has 25 heteroatoms. The van der Waals surface area contributed by atoms with Gasteiger partial charge in [0.2, 0.25) is 17.4 Å². The van der Waals surface area contributed by atoms with Crippen molar-refractivity contribution in [3.8, 4) is 0 Å². The maximum absolute atomic E-state index is 14.5. The number of nitrogens with one attached hydrogen (secondary N) is 3. The number of benzene rings is 1. The van der Waals surface area contributed by atoms with E-state index in [1.54, 1.807) is 11.9 Å². The lowest BCUT2D eigenvalue weighted by molar-refractivity contribution is -0.173. The monoisotopic (exact) mass is 846 g/mol. The van der Waals surface area contributed by atoms with E-state index in [4.69, 9.17) is 32.8 Å². The van der Waals surface area contributed by atoms with Crippen molar-refractivity contribution in [2.45, 2.75) is 81.1 Å². The van der Waals surface area contributed by atoms with Gasteiger partial charge in [0.05, 0.1) is 6.04 Å². The zero-order valence-corrected chi connectivity index (χ0v) is 32.1. The van der Waals surface area contributed by atoms with Gasteiger partial charge in [0, 0.05) is 57.1 Å². The third kappa shape index (κ3) is 11.8. The number of aromatic amines is 1. The molecule has 1 aliphatic rings. The van der Waals surface area contributed by atoms with Crippen molar-refractivity contribution in [2.24, 2.45) is 17.2 Å². The molecule has 0 spiro atoms. The average Bonchev–Trinajstić information content (AvgIpc) is 3.18. The highest BCUT2D eigenvalue weighted by Crippen LogP contribution is 2.32. The average molecular weight is 847 g/mol. The van der Waals surface area contributed by atoms with E-state index in [1.165, 1.54) is 12.1 Å². The van der Waals surface area contributed by atoms with Crippen LogP contribution in [-0.4, -0.2) is 139 Å². The molecule has 2 amide bonds. The number of ether oxygens (including phenoxy) is 1. The van der Waals surface area contributed by atoms with Crippen LogP contribution in [0.1, 0.15) is 61.7 Å². The Hall–Kier alpha value is -6.99. The van der Waals surface area contributed by atoms with E-state index in [2.05, 4.69) is 20.6 Å². The summed E-state index contributed by atoms with van der Waals surface area (Å²) in [6.45, 7) is 0.525. The minimum atomic E-state index is -3.33. The van der Waals surface area contributed by atoms with Crippen LogP contribution in [0, 0.1) is 0 Å². The van der Waals surface area contributed by atoms with Gasteiger partial charge >= 0.3 is 35.8 Å². The molecular weight excluding hydrogens is 800 g/mol. The van der Waals surface area contributed by atoms with Gasteiger partial charge in [-0.25, -0.2) is 4.79 Å². The molecule has 1 aliphatic heterocycles. The first-order valence-electron chi connectivity index (χ1n) is 18.1. The second kappa shape index (κ2) is 20.6. The highest BCUT2D eigenvalue weighted by molar-refractivity contribution is 6.19. The number of nitrogens with two attached hydrogens (primary N) is 4. The van der Waals surface area contributed by atoms with Crippen molar-refractivity contribution in [2.75, 3.05) is 41.4 Å². The molecular formula is C35H46N10O15. The molecule has 0 saturated heterocycles. The SMILES string of the molecule is CN1c2c(nc(N)[nH]c2=O)NCC1CNc1ccc(C(=O)N(C(=O)CCC(N)C(=O)O)C(CCC(=O)O)(C(=O)CCC(N)C(=O)O)C(=O)OC(=O)CCC(N)C(=O)O)cc1. The lowest BCUT2D eigenvalue weighted by Gasteiger charge is -2.39. The lowest BCUT2D eigenvalue weighted by atomic mass is 9.82. The number of aromatic nitrogens is 2. The molecule has 25 nitrogen and oxygen atoms in total. The number of anilines is 4. The van der Waals surface area contributed by atoms with E-state index < -0.39 is 140 Å². The van der Waals surface area contributed by atoms with Gasteiger partial charge in [-0.2, -0.15) is 4.98 Å². The van der Waals surface area contributed by atoms with Crippen LogP contribution < -0.4 is 44.0 Å². The number of carbonyl (C=O) groups is 9. The number of H-pyrrole nitrogens is 1. The number of carboxylic acids is 4. The van der Waals surface area contributed by atoms with Gasteiger partial charge in [0.15, 0.2) is 11.6 Å². The van der Waals surface area contributed by atoms with E-state index in [0.29, 0.717) is 12.2 Å². The topological polar surface area (TPSA) is 424 Å². The number of aliphatic carboxylic acids is 4. The Kier molecular flexibility index (Phi) is 16.3. The third-order valence-corrected chi connectivity index (χ3v) is 9.50. The first kappa shape index (κ1) is 47.4. The van der Waals surface area contributed by atoms with E-state index >= 15 is 0 Å². The van der Waals surface area contributed by atoms with Crippen molar-refractivity contribution in [1.29, 1.82) is 0 Å². The number of imide groups is 1. The van der Waals surface area contributed by atoms with Crippen LogP contribution in [0.5, 0.6) is 0 Å². The van der Waals surface area contributed by atoms with Crippen molar-refractivity contribution in [3.63, 3.8) is 0 Å². The summed E-state index contributed by atoms with van der Waals surface area (Å²) in [5.74, 6) is -14.0. The Bertz CT molecular complexity index is 2060. The molecule has 3 rings (SSSR count). The molecule has 1 aromatic carbocycles. The molecule has 0 saturated carbocycles. The molecule has 0 fully saturated rings. The summed E-state index contributed by atoms with van der Waals surface area (Å²) < 4.78 is 4.88. The summed E-state index contributed by atoms with van der Waals surface area (Å²) in [5.41, 5.74) is 18.6. The summed E-state index contributed by atoms with van der Waals surface area (Å²) in [4.78, 5) is 137. The summed E-state index contributed by atoms with van der Waals surface area (Å²) in [5, 5.41) is 43.6. The van der Waals surface area contributed by atoms with Crippen LogP contribution in [0.4, 0.5) is 23.1 Å². The molecule has 0 bridgehead atoms. The van der Waals surface area contributed by atoms with Gasteiger partial charge < -0.3 is 63.6 Å². The first-order valence-corrected chi connectivity index (χ1v) is 18.1. The number of rotatable bonds is 22. The summed E-state index contributed by atoms with van der Waals surface area (Å²) in [7, 11) is 1.66. The molecule has 0 radical (unpaired) electrons. The summed E-state index contributed by atoms with van der Waals surface area (Å²) in [6.07, 6.45) is -7.16. The smallest absolute Gasteiger partial charge is 0.348 e. The zero-order valence-electron chi connectivity index (χ0n) is 32.1. The zero-order chi connectivity index (χ0) is 45.1. The second-order valence-corrected chi connectivity index (χ2v) is 13.7. The highest BCUT2D eigenvalue weighted by Gasteiger charge is 2.57. The molecule has 2 heterocycles. The van der Waals surface area contributed by atoms with E-state index in [9.17, 15) is 63.3 Å². The number of Topliss-reactive ketones (excluding diaryl/α,β-unsaturated/α-hetero) is 1. The van der Waals surface area contributed by atoms with Gasteiger partial charge in [-0.1, -0.05) is 0 Å². The van der Waals surface area contributed by atoms with Crippen molar-refractivity contribution >= 4 is 76.6 Å². The van der Waals surface area contributed by atoms with Crippen LogP contribution in [0.25, 0.3) is 0 Å². The first-order chi connectivity index (χ1) is 28.1. The fourth-order valence-electron chi connectivity index (χ4n) is 6.01. The second-order valence-electron chi connectivity index (χ2n) is 13.7. The van der Waals surface area contributed by atoms with E-state index in [1.807, 2.05) is 0 Å². The van der Waals surface area contributed by atoms with Crippen LogP contribution in [0.2, 0.25) is 0 Å². The van der Waals surface area contributed by atoms with Crippen molar-refractivity contribution in [3.05, 3.63) is 40.2 Å². The molecule has 5 atom stereocenters. The standard InChI is InChI=1S/C35H46N10O15/c1-44-18(15-41-27-26(44)28(51)43-34(39)42-27)14-40-17-4-2-16(3-5-17)29(52)45(23(47)10-7-20(37)31(55)56)35(13-12-24(48)49,22(46)9-6-19(36)30(53)54)33(59)60-25(50)11-8-21(38)32(57)58/h2-5,18-21,40H,6-15,36-38H2,1H3,(H,48,49)(H,53,54)(H,55,56)(H,57,58)(H4,39,41,42,43,51). The number of likely N-dealkylation sites (N-methyl/N-ethyl adjacent to an activating group) is 1. The van der Waals surface area contributed by atoms with Crippen LogP contribution in [-0.2, 0) is 43.1 Å². The number of nitrogen functional groups attached to an aromatic ring is 1. The summed E-state index contributed by atoms with van der Waals surface area (Å²) in [6, 6.07) is -0.381. The Balaban J connectivity index is 2.09. The quantitative estimate of drug-likeness (QED) is 0.0430. The van der Waals surface area contributed by atoms with Gasteiger partial charge in [-0.3, -0.25) is 53.0 Å². The number of carboxylic acid groups (broad SMARTS) is 4. The predicted molar refractivity (Wildman–Crippen MR) is 206 cm³/mol. The number of ketones is 1. The summed E-state index contributed by atoms with van der Waals surface area (Å²) >= 11 is 0. The minimum absolute atomic E-state index is 0.0403. The third-order valence-electron chi connectivity index (χ3n) is 9.50. The van der Waals surface area contributed by atoms with Gasteiger partial charge in [-0.05, 0) is 49.9 Å². The highest BCUT2D eigenvalue weighted by atomic mass is 16.6. The molecule has 1 aromatic heterocycles. The molecule has 15 N–H and O–H groups in total. The van der Waals surface area contributed by atoms with Gasteiger partial charge in [0.25, 0.3) is 11.5 Å². The number of hydrogen-bond donors (Lipinski definition) is 11. The van der Waals surface area contributed by atoms with E-state index in [0.717, 1.165) is 12.1 Å². The Morgan fingerprint density at radius 1 is 0.883 bits per heavy atom. The minimum Gasteiger partial charge on any atom is -0.481 e. The molecule has 326 valence electrons. The fraction of sp³-hybridized carbons (Fsp3) is 0.457. The van der Waals surface area contributed by atoms with E-state index in [-0.39, 0.29) is 34.9 Å². The number of hydrogen-bond acceptors (Lipinski definition) is 19. The number of esters is 2. The van der Waals surface area contributed by atoms with Crippen LogP contribution in [0.15, 0.2) is 29.1 Å². The number of amides is 2. The van der Waals surface area contributed by atoms with Gasteiger partial charge in [-0.15, -0.1) is 0 Å². The Morgan fingerprint density at radius 2 is 1.43 bits per heavy atom.